The number of hydrogen-bond acceptors (Lipinski definition) is 8. The summed E-state index contributed by atoms with van der Waals surface area (Å²) in [5.41, 5.74) is 0.993. The Balaban J connectivity index is 2.25. The summed E-state index contributed by atoms with van der Waals surface area (Å²) < 4.78 is 5.91. The zero-order valence-electron chi connectivity index (χ0n) is 9.59. The van der Waals surface area contributed by atoms with Crippen molar-refractivity contribution in [2.45, 2.75) is 16.4 Å². The van der Waals surface area contributed by atoms with Crippen molar-refractivity contribution in [3.8, 4) is 6.01 Å². The second-order valence-electron chi connectivity index (χ2n) is 3.04. The third-order valence-electron chi connectivity index (χ3n) is 1.78. The molecule has 0 aliphatic heterocycles. The Morgan fingerprint density at radius 1 is 1.29 bits per heavy atom. The smallest absolute Gasteiger partial charge is 0.321 e. The zero-order valence-corrected chi connectivity index (χ0v) is 11.2. The molecule has 90 valence electrons. The molecule has 0 fully saturated rings. The summed E-state index contributed by atoms with van der Waals surface area (Å²) in [6.45, 7) is 1.95. The van der Waals surface area contributed by atoms with Crippen molar-refractivity contribution in [2.75, 3.05) is 19.5 Å². The van der Waals surface area contributed by atoms with Crippen molar-refractivity contribution < 1.29 is 4.74 Å². The summed E-state index contributed by atoms with van der Waals surface area (Å²) in [5.74, 6) is 0.479. The summed E-state index contributed by atoms with van der Waals surface area (Å²) in [5, 5.41) is 5.41. The van der Waals surface area contributed by atoms with E-state index in [1.165, 1.54) is 18.9 Å². The third kappa shape index (κ3) is 3.04. The molecule has 0 unspecified atom stereocenters. The van der Waals surface area contributed by atoms with Gasteiger partial charge in [-0.05, 0) is 18.7 Å². The molecule has 0 aliphatic carbocycles. The Kier molecular flexibility index (Phi) is 3.75. The molecule has 0 saturated carbocycles. The molecule has 6 nitrogen and oxygen atoms in total. The fraction of sp³-hybridized carbons (Fsp3) is 0.333. The van der Waals surface area contributed by atoms with Crippen molar-refractivity contribution in [1.29, 1.82) is 0 Å². The highest BCUT2D eigenvalue weighted by atomic mass is 32.2. The van der Waals surface area contributed by atoms with Gasteiger partial charge in [0, 0.05) is 18.1 Å². The van der Waals surface area contributed by atoms with Crippen LogP contribution in [0.15, 0.2) is 14.9 Å². The lowest BCUT2D eigenvalue weighted by Crippen LogP contribution is -2.02. The molecule has 0 aromatic carbocycles. The van der Waals surface area contributed by atoms with Crippen molar-refractivity contribution in [1.82, 2.24) is 19.9 Å². The minimum atomic E-state index is 0.292. The lowest BCUT2D eigenvalue weighted by molar-refractivity contribution is 0.374. The minimum Gasteiger partial charge on any atom is -0.467 e. The summed E-state index contributed by atoms with van der Waals surface area (Å²) >= 11 is 2.95. The van der Waals surface area contributed by atoms with Crippen LogP contribution >= 0.6 is 23.1 Å². The highest BCUT2D eigenvalue weighted by Gasteiger charge is 2.09. The molecule has 8 heteroatoms. The van der Waals surface area contributed by atoms with Crippen molar-refractivity contribution >= 4 is 29.0 Å². The van der Waals surface area contributed by atoms with E-state index in [4.69, 9.17) is 4.74 Å². The predicted molar refractivity (Wildman–Crippen MR) is 66.9 cm³/mol. The van der Waals surface area contributed by atoms with E-state index in [-0.39, 0.29) is 0 Å². The quantitative estimate of drug-likeness (QED) is 0.907. The lowest BCUT2D eigenvalue weighted by Gasteiger charge is -2.03. The molecule has 2 heterocycles. The van der Waals surface area contributed by atoms with Crippen LogP contribution in [0.3, 0.4) is 0 Å². The summed E-state index contributed by atoms with van der Waals surface area (Å²) in [6, 6.07) is 0.292. The van der Waals surface area contributed by atoms with Crippen LogP contribution in [0.4, 0.5) is 5.95 Å². The van der Waals surface area contributed by atoms with E-state index in [1.54, 1.807) is 18.4 Å². The zero-order chi connectivity index (χ0) is 12.3. The highest BCUT2D eigenvalue weighted by Crippen LogP contribution is 2.28. The average molecular weight is 269 g/mol. The van der Waals surface area contributed by atoms with E-state index in [0.717, 1.165) is 10.0 Å². The van der Waals surface area contributed by atoms with E-state index >= 15 is 0 Å². The molecular weight excluding hydrogens is 258 g/mol. The molecule has 17 heavy (non-hydrogen) atoms. The van der Waals surface area contributed by atoms with Crippen LogP contribution < -0.4 is 10.1 Å². The van der Waals surface area contributed by atoms with Crippen LogP contribution in [0.1, 0.15) is 5.69 Å². The maximum absolute atomic E-state index is 5.01. The van der Waals surface area contributed by atoms with Crippen molar-refractivity contribution in [2.24, 2.45) is 0 Å². The van der Waals surface area contributed by atoms with Gasteiger partial charge in [0.1, 0.15) is 0 Å². The van der Waals surface area contributed by atoms with Gasteiger partial charge in [0.25, 0.3) is 0 Å². The summed E-state index contributed by atoms with van der Waals surface area (Å²) in [6.07, 6.45) is 0. The molecule has 2 aromatic rings. The van der Waals surface area contributed by atoms with Gasteiger partial charge >= 0.3 is 6.01 Å². The average Bonchev–Trinajstić information content (AvgIpc) is 2.74. The number of hydrogen-bond donors (Lipinski definition) is 1. The van der Waals surface area contributed by atoms with E-state index < -0.39 is 0 Å². The predicted octanol–water partition coefficient (Wildman–Crippen LogP) is 1.84. The molecule has 0 amide bonds. The Bertz CT molecular complexity index is 494. The fourth-order valence-electron chi connectivity index (χ4n) is 1.04. The van der Waals surface area contributed by atoms with Gasteiger partial charge in [-0.15, -0.1) is 11.3 Å². The van der Waals surface area contributed by atoms with Crippen molar-refractivity contribution in [3.05, 3.63) is 11.1 Å². The van der Waals surface area contributed by atoms with Gasteiger partial charge in [-0.1, -0.05) is 0 Å². The van der Waals surface area contributed by atoms with Crippen LogP contribution in [0.5, 0.6) is 6.01 Å². The lowest BCUT2D eigenvalue weighted by atomic mass is 10.6. The SMILES string of the molecule is CNc1nc(OC)nc(Sc2nc(C)cs2)n1. The second kappa shape index (κ2) is 5.28. The van der Waals surface area contributed by atoms with Gasteiger partial charge in [0.15, 0.2) is 4.34 Å². The Morgan fingerprint density at radius 3 is 2.71 bits per heavy atom. The third-order valence-corrected chi connectivity index (χ3v) is 3.70. The maximum atomic E-state index is 5.01. The van der Waals surface area contributed by atoms with Crippen LogP contribution in [0.2, 0.25) is 0 Å². The number of methoxy groups -OCH3 is 1. The van der Waals surface area contributed by atoms with Crippen LogP contribution in [-0.4, -0.2) is 34.1 Å². The molecule has 0 bridgehead atoms. The molecule has 0 saturated heterocycles. The van der Waals surface area contributed by atoms with Gasteiger partial charge in [0.2, 0.25) is 11.1 Å². The second-order valence-corrected chi connectivity index (χ2v) is 5.11. The molecule has 0 radical (unpaired) electrons. The topological polar surface area (TPSA) is 72.8 Å². The van der Waals surface area contributed by atoms with Crippen LogP contribution in [0, 0.1) is 6.92 Å². The Morgan fingerprint density at radius 2 is 2.12 bits per heavy atom. The van der Waals surface area contributed by atoms with Crippen LogP contribution in [0.25, 0.3) is 0 Å². The van der Waals surface area contributed by atoms with E-state index in [2.05, 4.69) is 25.3 Å². The normalized spacial score (nSPS) is 10.3. The van der Waals surface area contributed by atoms with Gasteiger partial charge in [-0.3, -0.25) is 0 Å². The van der Waals surface area contributed by atoms with Crippen molar-refractivity contribution in [3.63, 3.8) is 0 Å². The molecule has 0 atom stereocenters. The number of thiazole rings is 1. The number of nitrogens with zero attached hydrogens (tertiary/aromatic N) is 4. The number of aromatic nitrogens is 4. The Labute approximate surface area is 107 Å². The van der Waals surface area contributed by atoms with E-state index in [0.29, 0.717) is 17.1 Å². The Hall–Kier alpha value is -1.41. The molecule has 2 rings (SSSR count). The summed E-state index contributed by atoms with van der Waals surface area (Å²) in [7, 11) is 3.27. The molecule has 0 spiro atoms. The van der Waals surface area contributed by atoms with Gasteiger partial charge in [-0.2, -0.15) is 15.0 Å². The minimum absolute atomic E-state index is 0.292. The standard InChI is InChI=1S/C9H11N5OS2/c1-5-4-16-9(11-5)17-8-13-6(10-2)12-7(14-8)15-3/h4H,1-3H3,(H,10,12,13,14). The highest BCUT2D eigenvalue weighted by molar-refractivity contribution is 8.00. The number of aryl methyl sites for hydroxylation is 1. The van der Waals surface area contributed by atoms with E-state index in [1.807, 2.05) is 12.3 Å². The molecule has 0 aliphatic rings. The summed E-state index contributed by atoms with van der Waals surface area (Å²) in [4.78, 5) is 16.7. The molecule has 2 aromatic heterocycles. The number of ether oxygens (including phenoxy) is 1. The first-order valence-electron chi connectivity index (χ1n) is 4.79. The number of nitrogens with one attached hydrogen (secondary N) is 1. The van der Waals surface area contributed by atoms with Crippen LogP contribution in [-0.2, 0) is 0 Å². The number of rotatable bonds is 4. The van der Waals surface area contributed by atoms with Gasteiger partial charge < -0.3 is 10.1 Å². The monoisotopic (exact) mass is 269 g/mol. The van der Waals surface area contributed by atoms with Gasteiger partial charge in [-0.25, -0.2) is 4.98 Å². The first-order valence-corrected chi connectivity index (χ1v) is 6.48. The van der Waals surface area contributed by atoms with E-state index in [9.17, 15) is 0 Å². The maximum Gasteiger partial charge on any atom is 0.321 e. The molecule has 1 N–H and O–H groups in total. The first kappa shape index (κ1) is 12.1. The first-order chi connectivity index (χ1) is 8.21. The number of anilines is 1. The van der Waals surface area contributed by atoms with Gasteiger partial charge in [0.05, 0.1) is 7.11 Å². The fourth-order valence-corrected chi connectivity index (χ4v) is 2.73. The largest absolute Gasteiger partial charge is 0.467 e. The molecular formula is C9H11N5OS2.